The molecule has 0 bridgehead atoms. The zero-order valence-electron chi connectivity index (χ0n) is 24.1. The maximum Gasteiger partial charge on any atom is 0.417 e. The summed E-state index contributed by atoms with van der Waals surface area (Å²) in [6, 6.07) is 12.2. The lowest BCUT2D eigenvalue weighted by Gasteiger charge is -2.33. The number of amides is 2. The second kappa shape index (κ2) is 12.3. The summed E-state index contributed by atoms with van der Waals surface area (Å²) in [6.07, 6.45) is -0.660. The molecule has 1 aliphatic heterocycles. The number of nitrogens with one attached hydrogen (secondary N) is 1. The van der Waals surface area contributed by atoms with Crippen molar-refractivity contribution >= 4 is 28.5 Å². The molecule has 2 aromatic carbocycles. The highest BCUT2D eigenvalue weighted by Gasteiger charge is 2.31. The van der Waals surface area contributed by atoms with Gasteiger partial charge in [0.2, 0.25) is 5.91 Å². The van der Waals surface area contributed by atoms with E-state index in [2.05, 4.69) is 37.1 Å². The molecule has 0 aliphatic carbocycles. The highest BCUT2D eigenvalue weighted by Crippen LogP contribution is 2.31. The zero-order chi connectivity index (χ0) is 30.7. The molecule has 0 spiro atoms. The van der Waals surface area contributed by atoms with Crippen LogP contribution in [0, 0.1) is 0 Å². The summed E-state index contributed by atoms with van der Waals surface area (Å²) in [5.74, 6) is 0.114. The number of pyridine rings is 1. The molecule has 2 amide bonds. The maximum absolute atomic E-state index is 13.4. The summed E-state index contributed by atoms with van der Waals surface area (Å²) in [6.45, 7) is 3.55. The number of anilines is 1. The summed E-state index contributed by atoms with van der Waals surface area (Å²) in [5, 5.41) is 3.70. The first-order valence-electron chi connectivity index (χ1n) is 13.8. The maximum atomic E-state index is 13.4. The van der Waals surface area contributed by atoms with Crippen LogP contribution in [0.5, 0.6) is 0 Å². The van der Waals surface area contributed by atoms with Crippen molar-refractivity contribution < 1.29 is 22.8 Å². The van der Waals surface area contributed by atoms with E-state index in [9.17, 15) is 22.8 Å². The first-order chi connectivity index (χ1) is 20.5. The fourth-order valence-electron chi connectivity index (χ4n) is 5.03. The standard InChI is InChI=1S/C31H32F3N7O2/c1-39(2)30(43)27(14-20-4-6-21(7-5-20)23-15-24(18-35-17-23)31(32,33)34)38-29(42)22-8-9-25-26(16-22)36-19-37-28(25)41-12-10-40(3)11-13-41/h4-9,15-19,27H,10-14H2,1-3H3,(H,38,42)/t27-/m0/s1. The SMILES string of the molecule is CN1CCN(c2ncnc3cc(C(=O)N[C@@H](Cc4ccc(-c5cncc(C(F)(F)F)c5)cc4)C(=O)N(C)C)ccc23)CC1. The van der Waals surface area contributed by atoms with Crippen molar-refractivity contribution in [3.05, 3.63) is 83.9 Å². The van der Waals surface area contributed by atoms with E-state index in [1.165, 1.54) is 17.4 Å². The van der Waals surface area contributed by atoms with Gasteiger partial charge in [-0.25, -0.2) is 9.97 Å². The fourth-order valence-corrected chi connectivity index (χ4v) is 5.03. The number of carbonyl (C=O) groups is 2. The molecule has 12 heteroatoms. The van der Waals surface area contributed by atoms with Gasteiger partial charge in [0.15, 0.2) is 0 Å². The van der Waals surface area contributed by atoms with Crippen LogP contribution in [0.15, 0.2) is 67.3 Å². The van der Waals surface area contributed by atoms with Crippen molar-refractivity contribution in [3.8, 4) is 11.1 Å². The van der Waals surface area contributed by atoms with Crippen molar-refractivity contribution in [2.75, 3.05) is 52.2 Å². The molecule has 1 atom stereocenters. The number of alkyl halides is 3. The number of hydrogen-bond acceptors (Lipinski definition) is 7. The Balaban J connectivity index is 1.33. The Labute approximate surface area is 247 Å². The normalized spacial score (nSPS) is 14.9. The highest BCUT2D eigenvalue weighted by atomic mass is 19.4. The molecule has 1 saturated heterocycles. The third-order valence-corrected chi connectivity index (χ3v) is 7.52. The zero-order valence-corrected chi connectivity index (χ0v) is 24.1. The first-order valence-corrected chi connectivity index (χ1v) is 13.8. The number of rotatable bonds is 7. The number of aromatic nitrogens is 3. The number of halogens is 3. The van der Waals surface area contributed by atoms with E-state index in [-0.39, 0.29) is 12.3 Å². The molecule has 5 rings (SSSR count). The molecule has 1 N–H and O–H groups in total. The quantitative estimate of drug-likeness (QED) is 0.349. The molecule has 1 aliphatic rings. The van der Waals surface area contributed by atoms with Crippen molar-refractivity contribution in [2.45, 2.75) is 18.6 Å². The lowest BCUT2D eigenvalue weighted by atomic mass is 10.00. The minimum absolute atomic E-state index is 0.188. The van der Waals surface area contributed by atoms with Gasteiger partial charge in [-0.15, -0.1) is 0 Å². The predicted molar refractivity (Wildman–Crippen MR) is 158 cm³/mol. The van der Waals surface area contributed by atoms with E-state index in [4.69, 9.17) is 0 Å². The van der Waals surface area contributed by atoms with Gasteiger partial charge in [-0.1, -0.05) is 24.3 Å². The van der Waals surface area contributed by atoms with E-state index >= 15 is 0 Å². The van der Waals surface area contributed by atoms with E-state index in [0.29, 0.717) is 22.2 Å². The van der Waals surface area contributed by atoms with Crippen LogP contribution in [0.2, 0.25) is 0 Å². The van der Waals surface area contributed by atoms with Crippen molar-refractivity contribution in [2.24, 2.45) is 0 Å². The smallest absolute Gasteiger partial charge is 0.353 e. The second-order valence-electron chi connectivity index (χ2n) is 10.8. The molecule has 0 unspecified atom stereocenters. The van der Waals surface area contributed by atoms with Crippen LogP contribution >= 0.6 is 0 Å². The fraction of sp³-hybridized carbons (Fsp3) is 0.323. The Hall–Kier alpha value is -4.58. The molecule has 43 heavy (non-hydrogen) atoms. The number of carbonyl (C=O) groups excluding carboxylic acids is 2. The van der Waals surface area contributed by atoms with Gasteiger partial charge >= 0.3 is 6.18 Å². The van der Waals surface area contributed by atoms with Crippen LogP contribution in [0.3, 0.4) is 0 Å². The van der Waals surface area contributed by atoms with Gasteiger partial charge in [0.1, 0.15) is 18.2 Å². The molecule has 2 aromatic heterocycles. The molecule has 3 heterocycles. The van der Waals surface area contributed by atoms with Gasteiger partial charge in [0.05, 0.1) is 11.1 Å². The Morgan fingerprint density at radius 3 is 2.35 bits per heavy atom. The summed E-state index contributed by atoms with van der Waals surface area (Å²) in [7, 11) is 5.30. The number of piperazine rings is 1. The Bertz CT molecular complexity index is 1620. The van der Waals surface area contributed by atoms with Crippen molar-refractivity contribution in [1.82, 2.24) is 30.1 Å². The van der Waals surface area contributed by atoms with Crippen LogP contribution in [-0.4, -0.2) is 89.9 Å². The van der Waals surface area contributed by atoms with E-state index < -0.39 is 23.7 Å². The average molecular weight is 592 g/mol. The Kier molecular flexibility index (Phi) is 8.58. The summed E-state index contributed by atoms with van der Waals surface area (Å²) in [4.78, 5) is 44.9. The number of benzene rings is 2. The molecule has 0 saturated carbocycles. The summed E-state index contributed by atoms with van der Waals surface area (Å²) in [5.41, 5.74) is 1.77. The third kappa shape index (κ3) is 6.91. The van der Waals surface area contributed by atoms with Crippen molar-refractivity contribution in [3.63, 3.8) is 0 Å². The van der Waals surface area contributed by atoms with Gasteiger partial charge in [-0.2, -0.15) is 13.2 Å². The molecule has 1 fully saturated rings. The monoisotopic (exact) mass is 591 g/mol. The van der Waals surface area contributed by atoms with E-state index in [1.807, 2.05) is 6.07 Å². The van der Waals surface area contributed by atoms with Gasteiger partial charge < -0.3 is 20.0 Å². The van der Waals surface area contributed by atoms with Gasteiger partial charge in [-0.05, 0) is 42.4 Å². The van der Waals surface area contributed by atoms with Crippen LogP contribution in [0.4, 0.5) is 19.0 Å². The molecular weight excluding hydrogens is 559 g/mol. The largest absolute Gasteiger partial charge is 0.417 e. The van der Waals surface area contributed by atoms with E-state index in [0.717, 1.165) is 55.2 Å². The lowest BCUT2D eigenvalue weighted by Crippen LogP contribution is -2.47. The number of hydrogen-bond donors (Lipinski definition) is 1. The first kappa shape index (κ1) is 29.9. The average Bonchev–Trinajstić information content (AvgIpc) is 3.00. The van der Waals surface area contributed by atoms with Gasteiger partial charge in [-0.3, -0.25) is 14.6 Å². The molecule has 224 valence electrons. The summed E-state index contributed by atoms with van der Waals surface area (Å²) < 4.78 is 39.4. The summed E-state index contributed by atoms with van der Waals surface area (Å²) >= 11 is 0. The topological polar surface area (TPSA) is 94.6 Å². The highest BCUT2D eigenvalue weighted by molar-refractivity contribution is 6.01. The molecular formula is C31H32F3N7O2. The number of fused-ring (bicyclic) bond motifs is 1. The third-order valence-electron chi connectivity index (χ3n) is 7.52. The molecule has 9 nitrogen and oxygen atoms in total. The second-order valence-corrected chi connectivity index (χ2v) is 10.8. The predicted octanol–water partition coefficient (Wildman–Crippen LogP) is 3.89. The van der Waals surface area contributed by atoms with Gasteiger partial charge in [0.25, 0.3) is 5.91 Å². The van der Waals surface area contributed by atoms with E-state index in [1.54, 1.807) is 50.5 Å². The van der Waals surface area contributed by atoms with Crippen LogP contribution in [-0.2, 0) is 17.4 Å². The lowest BCUT2D eigenvalue weighted by molar-refractivity contribution is -0.137. The van der Waals surface area contributed by atoms with Crippen LogP contribution in [0.1, 0.15) is 21.5 Å². The molecule has 0 radical (unpaired) electrons. The number of likely N-dealkylation sites (N-methyl/N-ethyl adjacent to an activating group) is 2. The van der Waals surface area contributed by atoms with Crippen LogP contribution in [0.25, 0.3) is 22.0 Å². The van der Waals surface area contributed by atoms with Gasteiger partial charge in [0, 0.05) is 75.6 Å². The minimum Gasteiger partial charge on any atom is -0.353 e. The number of nitrogens with zero attached hydrogens (tertiary/aromatic N) is 6. The van der Waals surface area contributed by atoms with Crippen LogP contribution < -0.4 is 10.2 Å². The minimum atomic E-state index is -4.49. The van der Waals surface area contributed by atoms with Crippen molar-refractivity contribution in [1.29, 1.82) is 0 Å². The molecule has 4 aromatic rings. The Morgan fingerprint density at radius 1 is 0.953 bits per heavy atom. The Morgan fingerprint density at radius 2 is 1.67 bits per heavy atom.